The van der Waals surface area contributed by atoms with Gasteiger partial charge in [0.25, 0.3) is 0 Å². The zero-order valence-electron chi connectivity index (χ0n) is 11.1. The number of aliphatic hydroxyl groups is 1. The van der Waals surface area contributed by atoms with Gasteiger partial charge in [-0.15, -0.1) is 0 Å². The molecule has 0 aromatic heterocycles. The predicted octanol–water partition coefficient (Wildman–Crippen LogP) is 1.88. The van der Waals surface area contributed by atoms with Crippen molar-refractivity contribution in [1.82, 2.24) is 0 Å². The summed E-state index contributed by atoms with van der Waals surface area (Å²) < 4.78 is 5.54. The molecule has 1 N–H and O–H groups in total. The van der Waals surface area contributed by atoms with E-state index in [0.717, 1.165) is 48.8 Å². The number of methoxy groups -OCH3 is 1. The Morgan fingerprint density at radius 3 is 2.50 bits per heavy atom. The van der Waals surface area contributed by atoms with E-state index in [4.69, 9.17) is 9.84 Å². The predicted molar refractivity (Wildman–Crippen MR) is 69.3 cm³/mol. The fraction of sp³-hybridized carbons (Fsp3) is 0.429. The number of aliphatic hydroxyl groups excluding tert-OH is 1. The third-order valence-corrected chi connectivity index (χ3v) is 3.82. The van der Waals surface area contributed by atoms with Crippen molar-refractivity contribution in [2.24, 2.45) is 0 Å². The number of unbranched alkanes of at least 4 members (excludes halogenated alkanes) is 1. The van der Waals surface area contributed by atoms with Crippen LogP contribution >= 0.6 is 0 Å². The van der Waals surface area contributed by atoms with E-state index in [-0.39, 0.29) is 5.97 Å². The molecule has 0 heterocycles. The Kier molecular flexibility index (Phi) is 9.71. The van der Waals surface area contributed by atoms with Gasteiger partial charge in [-0.2, -0.15) is 0 Å². The molecular weight excluding hydrogens is 400 g/mol. The molecule has 1 aromatic carbocycles. The average Bonchev–Trinajstić information content (AvgIpc) is 2.45. The summed E-state index contributed by atoms with van der Waals surface area (Å²) in [6, 6.07) is 8.09. The van der Waals surface area contributed by atoms with Crippen molar-refractivity contribution < 1.29 is 34.0 Å². The summed E-state index contributed by atoms with van der Waals surface area (Å²) in [6.07, 6.45) is 3.35. The minimum absolute atomic E-state index is 0.209. The SMILES string of the molecule is CCCCc1ccccc1[C](=[W])C(=O)OC.CO. The first kappa shape index (κ1) is 17.2. The Bertz CT molecular complexity index is 388. The second-order valence-corrected chi connectivity index (χ2v) is 5.05. The first-order valence-electron chi connectivity index (χ1n) is 5.86. The smallest absolute Gasteiger partial charge is 0.0319 e. The number of aryl methyl sites for hydroxylation is 1. The van der Waals surface area contributed by atoms with E-state index in [1.54, 1.807) is 0 Å². The molecule has 0 radical (unpaired) electrons. The van der Waals surface area contributed by atoms with Crippen LogP contribution in [-0.4, -0.2) is 29.2 Å². The maximum Gasteiger partial charge on any atom is 0.0319 e. The maximum absolute atomic E-state index is 11.5. The van der Waals surface area contributed by atoms with Crippen molar-refractivity contribution in [3.05, 3.63) is 35.4 Å². The Morgan fingerprint density at radius 2 is 1.94 bits per heavy atom. The fourth-order valence-electron chi connectivity index (χ4n) is 1.53. The van der Waals surface area contributed by atoms with E-state index >= 15 is 0 Å². The topological polar surface area (TPSA) is 46.5 Å². The Labute approximate surface area is 120 Å². The van der Waals surface area contributed by atoms with Crippen molar-refractivity contribution in [2.75, 3.05) is 14.2 Å². The molecule has 100 valence electrons. The molecule has 3 nitrogen and oxygen atoms in total. The van der Waals surface area contributed by atoms with E-state index in [0.29, 0.717) is 0 Å². The summed E-state index contributed by atoms with van der Waals surface area (Å²) in [7, 11) is 2.43. The summed E-state index contributed by atoms with van der Waals surface area (Å²) in [6.45, 7) is 2.17. The monoisotopic (exact) mass is 420 g/mol. The molecule has 0 amide bonds. The first-order valence-corrected chi connectivity index (χ1v) is 7.32. The zero-order chi connectivity index (χ0) is 14.0. The Balaban J connectivity index is 0.00000137. The molecule has 0 bridgehead atoms. The first-order chi connectivity index (χ1) is 8.70. The molecule has 0 saturated heterocycles. The van der Waals surface area contributed by atoms with Crippen molar-refractivity contribution in [3.63, 3.8) is 0 Å². The van der Waals surface area contributed by atoms with Gasteiger partial charge in [-0.3, -0.25) is 0 Å². The van der Waals surface area contributed by atoms with Crippen LogP contribution in [0.3, 0.4) is 0 Å². The van der Waals surface area contributed by atoms with E-state index < -0.39 is 0 Å². The number of carbonyl (C=O) groups excluding carboxylic acids is 1. The van der Waals surface area contributed by atoms with Gasteiger partial charge in [0.15, 0.2) is 0 Å². The number of ether oxygens (including phenoxy) is 1. The van der Waals surface area contributed by atoms with Gasteiger partial charge < -0.3 is 5.11 Å². The van der Waals surface area contributed by atoms with Gasteiger partial charge in [0.2, 0.25) is 0 Å². The van der Waals surface area contributed by atoms with Crippen LogP contribution in [0, 0.1) is 0 Å². The molecule has 0 saturated carbocycles. The van der Waals surface area contributed by atoms with E-state index in [2.05, 4.69) is 13.0 Å². The van der Waals surface area contributed by atoms with Crippen LogP contribution in [0.25, 0.3) is 0 Å². The van der Waals surface area contributed by atoms with Gasteiger partial charge in [-0.05, 0) is 0 Å². The van der Waals surface area contributed by atoms with Crippen molar-refractivity contribution in [1.29, 1.82) is 0 Å². The van der Waals surface area contributed by atoms with E-state index in [1.807, 2.05) is 18.2 Å². The molecule has 0 fully saturated rings. The van der Waals surface area contributed by atoms with Gasteiger partial charge in [0, 0.05) is 7.11 Å². The van der Waals surface area contributed by atoms with Gasteiger partial charge in [-0.1, -0.05) is 0 Å². The minimum Gasteiger partial charge on any atom is -0.400 e. The quantitative estimate of drug-likeness (QED) is 0.741. The molecule has 0 aliphatic rings. The summed E-state index contributed by atoms with van der Waals surface area (Å²) >= 11 is 1.16. The molecule has 4 heteroatoms. The molecule has 0 atom stereocenters. The molecule has 1 rings (SSSR count). The van der Waals surface area contributed by atoms with Gasteiger partial charge in [-0.25, -0.2) is 0 Å². The van der Waals surface area contributed by atoms with Crippen LogP contribution in [0.5, 0.6) is 0 Å². The third kappa shape index (κ3) is 5.24. The molecule has 0 aliphatic carbocycles. The van der Waals surface area contributed by atoms with Crippen LogP contribution < -0.4 is 0 Å². The number of rotatable bonds is 5. The number of hydrogen-bond donors (Lipinski definition) is 1. The summed E-state index contributed by atoms with van der Waals surface area (Å²) in [5, 5.41) is 7.00. The fourth-order valence-corrected chi connectivity index (χ4v) is 2.54. The van der Waals surface area contributed by atoms with E-state index in [1.165, 1.54) is 19.1 Å². The summed E-state index contributed by atoms with van der Waals surface area (Å²) in [5.74, 6) is -0.209. The summed E-state index contributed by atoms with van der Waals surface area (Å²) in [5.41, 5.74) is 2.30. The van der Waals surface area contributed by atoms with Gasteiger partial charge >= 0.3 is 107 Å². The Hall–Kier alpha value is -0.792. The second kappa shape index (κ2) is 10.2. The molecule has 0 aliphatic heterocycles. The largest absolute Gasteiger partial charge is 0.400 e. The van der Waals surface area contributed by atoms with Crippen LogP contribution in [0.2, 0.25) is 0 Å². The molecule has 0 unspecified atom stereocenters. The third-order valence-electron chi connectivity index (χ3n) is 2.43. The molecule has 1 aromatic rings. The number of esters is 1. The van der Waals surface area contributed by atoms with Crippen molar-refractivity contribution >= 4 is 9.87 Å². The van der Waals surface area contributed by atoms with Crippen molar-refractivity contribution in [3.8, 4) is 0 Å². The van der Waals surface area contributed by atoms with Crippen LogP contribution in [0.15, 0.2) is 24.3 Å². The number of hydrogen-bond acceptors (Lipinski definition) is 3. The van der Waals surface area contributed by atoms with E-state index in [9.17, 15) is 4.79 Å². The second-order valence-electron chi connectivity index (χ2n) is 3.58. The van der Waals surface area contributed by atoms with Crippen molar-refractivity contribution in [2.45, 2.75) is 26.2 Å². The molecule has 18 heavy (non-hydrogen) atoms. The molecular formula is C14H20O3W. The van der Waals surface area contributed by atoms with Gasteiger partial charge in [0.05, 0.1) is 0 Å². The molecule has 0 spiro atoms. The van der Waals surface area contributed by atoms with Crippen LogP contribution in [0.4, 0.5) is 0 Å². The van der Waals surface area contributed by atoms with Gasteiger partial charge in [0.1, 0.15) is 0 Å². The van der Waals surface area contributed by atoms with Crippen LogP contribution in [0.1, 0.15) is 30.9 Å². The average molecular weight is 420 g/mol. The minimum atomic E-state index is -0.209. The standard InChI is InChI=1S/C13H16O2.CH4O.W/c1-3-4-7-11-8-5-6-9-12(11)10-13(14)15-2;1-2;/h5-6,8-9H,3-4,7H2,1-2H3;2H,1H3;. The zero-order valence-corrected chi connectivity index (χ0v) is 14.0. The Morgan fingerprint density at radius 1 is 1.33 bits per heavy atom. The summed E-state index contributed by atoms with van der Waals surface area (Å²) in [4.78, 5) is 11.5. The maximum atomic E-state index is 11.5. The number of carbonyl (C=O) groups is 1. The number of benzene rings is 1. The normalized spacial score (nSPS) is 9.11. The van der Waals surface area contributed by atoms with Crippen LogP contribution in [-0.2, 0) is 35.3 Å².